The highest BCUT2D eigenvalue weighted by Gasteiger charge is 2.23. The molecular weight excluding hydrogens is 192 g/mol. The summed E-state index contributed by atoms with van der Waals surface area (Å²) < 4.78 is 10.9. The van der Waals surface area contributed by atoms with Crippen molar-refractivity contribution in [2.75, 3.05) is 19.7 Å². The first-order valence-corrected chi connectivity index (χ1v) is 5.37. The Labute approximate surface area is 90.0 Å². The van der Waals surface area contributed by atoms with Crippen LogP contribution in [0.1, 0.15) is 12.7 Å². The van der Waals surface area contributed by atoms with Gasteiger partial charge in [0.1, 0.15) is 5.76 Å². The molecule has 1 fully saturated rings. The molecular formula is C11H18N2O2. The van der Waals surface area contributed by atoms with Gasteiger partial charge in [0, 0.05) is 19.1 Å². The molecule has 0 aliphatic carbocycles. The molecule has 1 saturated heterocycles. The summed E-state index contributed by atoms with van der Waals surface area (Å²) in [5.41, 5.74) is 5.83. The Balaban J connectivity index is 1.88. The minimum Gasteiger partial charge on any atom is -0.468 e. The molecule has 1 aromatic heterocycles. The number of hydrogen-bond donors (Lipinski definition) is 1. The van der Waals surface area contributed by atoms with E-state index in [0.717, 1.165) is 32.0 Å². The summed E-state index contributed by atoms with van der Waals surface area (Å²) in [5, 5.41) is 0. The van der Waals surface area contributed by atoms with Gasteiger partial charge >= 0.3 is 0 Å². The first-order valence-electron chi connectivity index (χ1n) is 5.37. The van der Waals surface area contributed by atoms with Gasteiger partial charge in [0.2, 0.25) is 0 Å². The maximum absolute atomic E-state index is 5.83. The maximum Gasteiger partial charge on any atom is 0.117 e. The van der Waals surface area contributed by atoms with Gasteiger partial charge in [-0.15, -0.1) is 0 Å². The summed E-state index contributed by atoms with van der Waals surface area (Å²) >= 11 is 0. The molecule has 0 amide bonds. The van der Waals surface area contributed by atoms with Crippen molar-refractivity contribution in [1.29, 1.82) is 0 Å². The van der Waals surface area contributed by atoms with Crippen molar-refractivity contribution in [3.8, 4) is 0 Å². The molecule has 15 heavy (non-hydrogen) atoms. The van der Waals surface area contributed by atoms with Gasteiger partial charge in [0.05, 0.1) is 25.5 Å². The summed E-state index contributed by atoms with van der Waals surface area (Å²) in [6.45, 7) is 5.43. The lowest BCUT2D eigenvalue weighted by Gasteiger charge is -2.34. The van der Waals surface area contributed by atoms with Crippen molar-refractivity contribution >= 4 is 0 Å². The van der Waals surface area contributed by atoms with E-state index in [1.54, 1.807) is 6.26 Å². The van der Waals surface area contributed by atoms with E-state index in [9.17, 15) is 0 Å². The Morgan fingerprint density at radius 2 is 2.53 bits per heavy atom. The molecule has 0 radical (unpaired) electrons. The van der Waals surface area contributed by atoms with Crippen LogP contribution in [-0.4, -0.2) is 36.7 Å². The number of furan rings is 1. The van der Waals surface area contributed by atoms with Crippen LogP contribution in [0.3, 0.4) is 0 Å². The number of rotatable bonds is 3. The molecule has 84 valence electrons. The quantitative estimate of drug-likeness (QED) is 0.802. The summed E-state index contributed by atoms with van der Waals surface area (Å²) in [6.07, 6.45) is 1.85. The first kappa shape index (κ1) is 10.7. The lowest BCUT2D eigenvalue weighted by Crippen LogP contribution is -2.49. The zero-order valence-electron chi connectivity index (χ0n) is 9.06. The standard InChI is InChI=1S/C11H18N2O2/c1-9(12)11-8-13(4-6-15-11)7-10-3-2-5-14-10/h2-3,5,9,11H,4,6-8,12H2,1H3. The minimum atomic E-state index is 0.0874. The predicted molar refractivity (Wildman–Crippen MR) is 57.4 cm³/mol. The third-order valence-corrected chi connectivity index (χ3v) is 2.72. The zero-order chi connectivity index (χ0) is 10.7. The topological polar surface area (TPSA) is 51.6 Å². The Morgan fingerprint density at radius 1 is 1.67 bits per heavy atom. The predicted octanol–water partition coefficient (Wildman–Crippen LogP) is 0.828. The molecule has 1 aliphatic heterocycles. The molecule has 0 bridgehead atoms. The second kappa shape index (κ2) is 4.79. The lowest BCUT2D eigenvalue weighted by molar-refractivity contribution is -0.0419. The molecule has 2 rings (SSSR count). The van der Waals surface area contributed by atoms with Crippen molar-refractivity contribution in [2.24, 2.45) is 5.73 Å². The lowest BCUT2D eigenvalue weighted by atomic mass is 10.1. The molecule has 4 heteroatoms. The summed E-state index contributed by atoms with van der Waals surface area (Å²) in [4.78, 5) is 2.32. The van der Waals surface area contributed by atoms with Crippen molar-refractivity contribution in [1.82, 2.24) is 4.90 Å². The molecule has 2 N–H and O–H groups in total. The van der Waals surface area contributed by atoms with Gasteiger partial charge in [-0.1, -0.05) is 0 Å². The van der Waals surface area contributed by atoms with Crippen LogP contribution < -0.4 is 5.73 Å². The molecule has 1 aromatic rings. The molecule has 0 saturated carbocycles. The number of morpholine rings is 1. The zero-order valence-corrected chi connectivity index (χ0v) is 9.06. The average molecular weight is 210 g/mol. The van der Waals surface area contributed by atoms with Crippen LogP contribution in [-0.2, 0) is 11.3 Å². The average Bonchev–Trinajstić information content (AvgIpc) is 2.71. The highest BCUT2D eigenvalue weighted by atomic mass is 16.5. The fourth-order valence-corrected chi connectivity index (χ4v) is 1.82. The van der Waals surface area contributed by atoms with E-state index in [0.29, 0.717) is 0 Å². The van der Waals surface area contributed by atoms with Crippen molar-refractivity contribution < 1.29 is 9.15 Å². The first-order chi connectivity index (χ1) is 7.25. The third-order valence-electron chi connectivity index (χ3n) is 2.72. The number of nitrogens with zero attached hydrogens (tertiary/aromatic N) is 1. The van der Waals surface area contributed by atoms with Gasteiger partial charge in [0.15, 0.2) is 0 Å². The second-order valence-corrected chi connectivity index (χ2v) is 4.08. The Bertz CT molecular complexity index is 285. The van der Waals surface area contributed by atoms with E-state index in [4.69, 9.17) is 14.9 Å². The van der Waals surface area contributed by atoms with Crippen LogP contribution in [0.5, 0.6) is 0 Å². The second-order valence-electron chi connectivity index (χ2n) is 4.08. The van der Waals surface area contributed by atoms with Gasteiger partial charge in [-0.3, -0.25) is 4.90 Å². The number of hydrogen-bond acceptors (Lipinski definition) is 4. The van der Waals surface area contributed by atoms with Gasteiger partial charge < -0.3 is 14.9 Å². The van der Waals surface area contributed by atoms with Gasteiger partial charge in [-0.25, -0.2) is 0 Å². The van der Waals surface area contributed by atoms with Gasteiger partial charge in [0.25, 0.3) is 0 Å². The van der Waals surface area contributed by atoms with Crippen LogP contribution in [0.2, 0.25) is 0 Å². The van der Waals surface area contributed by atoms with Crippen molar-refractivity contribution in [3.63, 3.8) is 0 Å². The fourth-order valence-electron chi connectivity index (χ4n) is 1.82. The van der Waals surface area contributed by atoms with E-state index >= 15 is 0 Å². The van der Waals surface area contributed by atoms with E-state index in [1.165, 1.54) is 0 Å². The van der Waals surface area contributed by atoms with Crippen LogP contribution >= 0.6 is 0 Å². The Hall–Kier alpha value is -0.840. The molecule has 2 atom stereocenters. The van der Waals surface area contributed by atoms with E-state index < -0.39 is 0 Å². The highest BCUT2D eigenvalue weighted by molar-refractivity contribution is 4.98. The minimum absolute atomic E-state index is 0.0874. The van der Waals surface area contributed by atoms with E-state index in [-0.39, 0.29) is 12.1 Å². The van der Waals surface area contributed by atoms with E-state index in [1.807, 2.05) is 19.1 Å². The normalized spacial score (nSPS) is 25.3. The number of ether oxygens (including phenoxy) is 1. The van der Waals surface area contributed by atoms with Gasteiger partial charge in [-0.2, -0.15) is 0 Å². The van der Waals surface area contributed by atoms with Gasteiger partial charge in [-0.05, 0) is 19.1 Å². The summed E-state index contributed by atoms with van der Waals surface area (Å²) in [6, 6.07) is 4.00. The molecule has 2 unspecified atom stereocenters. The third kappa shape index (κ3) is 2.81. The SMILES string of the molecule is CC(N)C1CN(Cc2ccco2)CCO1. The monoisotopic (exact) mass is 210 g/mol. The Kier molecular flexibility index (Phi) is 3.41. The summed E-state index contributed by atoms with van der Waals surface area (Å²) in [7, 11) is 0. The molecule has 4 nitrogen and oxygen atoms in total. The largest absolute Gasteiger partial charge is 0.468 e. The maximum atomic E-state index is 5.83. The number of nitrogens with two attached hydrogens (primary N) is 1. The van der Waals surface area contributed by atoms with Crippen molar-refractivity contribution in [2.45, 2.75) is 25.6 Å². The molecule has 0 spiro atoms. The fraction of sp³-hybridized carbons (Fsp3) is 0.636. The molecule has 0 aromatic carbocycles. The van der Waals surface area contributed by atoms with E-state index in [2.05, 4.69) is 4.90 Å². The van der Waals surface area contributed by atoms with Crippen molar-refractivity contribution in [3.05, 3.63) is 24.2 Å². The Morgan fingerprint density at radius 3 is 3.20 bits per heavy atom. The molecule has 2 heterocycles. The molecule has 1 aliphatic rings. The van der Waals surface area contributed by atoms with Crippen LogP contribution in [0.25, 0.3) is 0 Å². The summed E-state index contributed by atoms with van der Waals surface area (Å²) in [5.74, 6) is 1.00. The van der Waals surface area contributed by atoms with Crippen LogP contribution in [0, 0.1) is 0 Å². The van der Waals surface area contributed by atoms with Crippen LogP contribution in [0.15, 0.2) is 22.8 Å². The van der Waals surface area contributed by atoms with Crippen LogP contribution in [0.4, 0.5) is 0 Å². The smallest absolute Gasteiger partial charge is 0.117 e. The highest BCUT2D eigenvalue weighted by Crippen LogP contribution is 2.12.